The summed E-state index contributed by atoms with van der Waals surface area (Å²) in [4.78, 5) is 13.2. The molecule has 0 saturated heterocycles. The third kappa shape index (κ3) is 4.26. The summed E-state index contributed by atoms with van der Waals surface area (Å²) in [5, 5.41) is 5.29. The molecule has 3 rings (SSSR count). The number of esters is 1. The van der Waals surface area contributed by atoms with Crippen LogP contribution in [0.4, 0.5) is 0 Å². The van der Waals surface area contributed by atoms with Crippen molar-refractivity contribution >= 4 is 17.7 Å². The van der Waals surface area contributed by atoms with Gasteiger partial charge in [-0.1, -0.05) is 30.0 Å². The highest BCUT2D eigenvalue weighted by Crippen LogP contribution is 2.30. The standard InChI is InChI=1S/C20H20N2O3S/c1-3-24-16-12-10-15(11-13-16)22-19(26-17-8-6-5-7-9-17)14-18(21-22)20(23)25-4-2/h5-14H,3-4H2,1-2H3. The lowest BCUT2D eigenvalue weighted by Crippen LogP contribution is -2.06. The van der Waals surface area contributed by atoms with Crippen LogP contribution in [-0.4, -0.2) is 29.0 Å². The lowest BCUT2D eigenvalue weighted by atomic mass is 10.3. The Morgan fingerprint density at radius 1 is 1.04 bits per heavy atom. The van der Waals surface area contributed by atoms with E-state index in [2.05, 4.69) is 5.10 Å². The predicted octanol–water partition coefficient (Wildman–Crippen LogP) is 4.60. The van der Waals surface area contributed by atoms with Gasteiger partial charge in [0.05, 0.1) is 18.9 Å². The van der Waals surface area contributed by atoms with E-state index in [1.807, 2.05) is 61.5 Å². The molecule has 134 valence electrons. The van der Waals surface area contributed by atoms with E-state index in [1.54, 1.807) is 29.4 Å². The Labute approximate surface area is 156 Å². The van der Waals surface area contributed by atoms with Gasteiger partial charge in [0.15, 0.2) is 5.69 Å². The summed E-state index contributed by atoms with van der Waals surface area (Å²) in [5.74, 6) is 0.374. The molecule has 0 aliphatic rings. The van der Waals surface area contributed by atoms with E-state index >= 15 is 0 Å². The molecule has 1 aromatic heterocycles. The van der Waals surface area contributed by atoms with Crippen molar-refractivity contribution in [2.24, 2.45) is 0 Å². The van der Waals surface area contributed by atoms with E-state index < -0.39 is 5.97 Å². The van der Waals surface area contributed by atoms with Gasteiger partial charge in [0, 0.05) is 11.0 Å². The van der Waals surface area contributed by atoms with Crippen molar-refractivity contribution in [2.45, 2.75) is 23.8 Å². The van der Waals surface area contributed by atoms with Crippen molar-refractivity contribution in [1.82, 2.24) is 9.78 Å². The van der Waals surface area contributed by atoms with E-state index in [4.69, 9.17) is 9.47 Å². The van der Waals surface area contributed by atoms with Crippen LogP contribution >= 0.6 is 11.8 Å². The average molecular weight is 368 g/mol. The Morgan fingerprint density at radius 2 is 1.77 bits per heavy atom. The number of aromatic nitrogens is 2. The second-order valence-corrected chi connectivity index (χ2v) is 6.44. The van der Waals surface area contributed by atoms with Crippen molar-refractivity contribution in [3.05, 3.63) is 66.4 Å². The molecule has 0 unspecified atom stereocenters. The average Bonchev–Trinajstić information content (AvgIpc) is 3.08. The lowest BCUT2D eigenvalue weighted by molar-refractivity contribution is 0.0519. The molecular formula is C20H20N2O3S. The molecule has 26 heavy (non-hydrogen) atoms. The normalized spacial score (nSPS) is 10.5. The predicted molar refractivity (Wildman–Crippen MR) is 101 cm³/mol. The minimum absolute atomic E-state index is 0.291. The summed E-state index contributed by atoms with van der Waals surface area (Å²) in [6, 6.07) is 19.3. The molecule has 6 heteroatoms. The van der Waals surface area contributed by atoms with Gasteiger partial charge in [-0.25, -0.2) is 9.48 Å². The van der Waals surface area contributed by atoms with E-state index in [0.29, 0.717) is 18.9 Å². The Kier molecular flexibility index (Phi) is 5.96. The first kappa shape index (κ1) is 18.1. The van der Waals surface area contributed by atoms with E-state index in [-0.39, 0.29) is 0 Å². The molecule has 0 aliphatic heterocycles. The summed E-state index contributed by atoms with van der Waals surface area (Å²) in [7, 11) is 0. The molecule has 0 fully saturated rings. The summed E-state index contributed by atoms with van der Waals surface area (Å²) < 4.78 is 12.3. The van der Waals surface area contributed by atoms with Crippen LogP contribution in [0.3, 0.4) is 0 Å². The first-order valence-electron chi connectivity index (χ1n) is 8.44. The molecule has 0 bridgehead atoms. The molecular weight excluding hydrogens is 348 g/mol. The van der Waals surface area contributed by atoms with Crippen LogP contribution in [-0.2, 0) is 4.74 Å². The zero-order valence-electron chi connectivity index (χ0n) is 14.7. The van der Waals surface area contributed by atoms with Crippen molar-refractivity contribution in [3.8, 4) is 11.4 Å². The van der Waals surface area contributed by atoms with E-state index in [0.717, 1.165) is 21.4 Å². The fourth-order valence-electron chi connectivity index (χ4n) is 2.39. The molecule has 5 nitrogen and oxygen atoms in total. The van der Waals surface area contributed by atoms with Gasteiger partial charge in [0.25, 0.3) is 0 Å². The molecule has 0 spiro atoms. The molecule has 0 atom stereocenters. The van der Waals surface area contributed by atoms with Gasteiger partial charge >= 0.3 is 5.97 Å². The van der Waals surface area contributed by atoms with Crippen LogP contribution in [0.5, 0.6) is 5.75 Å². The van der Waals surface area contributed by atoms with Crippen molar-refractivity contribution < 1.29 is 14.3 Å². The highest BCUT2D eigenvalue weighted by atomic mass is 32.2. The Bertz CT molecular complexity index is 861. The second kappa shape index (κ2) is 8.58. The fourth-order valence-corrected chi connectivity index (χ4v) is 3.32. The molecule has 0 amide bonds. The molecule has 1 heterocycles. The SMILES string of the molecule is CCOC(=O)c1cc(Sc2ccccc2)n(-c2ccc(OCC)cc2)n1. The number of ether oxygens (including phenoxy) is 2. The maximum atomic E-state index is 12.1. The van der Waals surface area contributed by atoms with Crippen LogP contribution in [0.2, 0.25) is 0 Å². The summed E-state index contributed by atoms with van der Waals surface area (Å²) >= 11 is 1.54. The highest BCUT2D eigenvalue weighted by molar-refractivity contribution is 7.99. The van der Waals surface area contributed by atoms with Crippen molar-refractivity contribution in [1.29, 1.82) is 0 Å². The number of benzene rings is 2. The molecule has 3 aromatic rings. The molecule has 0 aliphatic carbocycles. The van der Waals surface area contributed by atoms with E-state index in [9.17, 15) is 4.79 Å². The van der Waals surface area contributed by atoms with Gasteiger partial charge in [0.1, 0.15) is 10.8 Å². The number of rotatable bonds is 7. The summed E-state index contributed by atoms with van der Waals surface area (Å²) in [6.07, 6.45) is 0. The summed E-state index contributed by atoms with van der Waals surface area (Å²) in [5.41, 5.74) is 1.14. The van der Waals surface area contributed by atoms with Crippen molar-refractivity contribution in [2.75, 3.05) is 13.2 Å². The molecule has 0 radical (unpaired) electrons. The van der Waals surface area contributed by atoms with Gasteiger partial charge in [-0.2, -0.15) is 5.10 Å². The number of nitrogens with zero attached hydrogens (tertiary/aromatic N) is 2. The number of carbonyl (C=O) groups is 1. The Morgan fingerprint density at radius 3 is 2.42 bits per heavy atom. The zero-order chi connectivity index (χ0) is 18.4. The number of carbonyl (C=O) groups excluding carboxylic acids is 1. The van der Waals surface area contributed by atoms with Crippen molar-refractivity contribution in [3.63, 3.8) is 0 Å². The molecule has 0 N–H and O–H groups in total. The van der Waals surface area contributed by atoms with Crippen LogP contribution in [0.25, 0.3) is 5.69 Å². The molecule has 0 saturated carbocycles. The maximum Gasteiger partial charge on any atom is 0.358 e. The maximum absolute atomic E-state index is 12.1. The zero-order valence-corrected chi connectivity index (χ0v) is 15.5. The number of hydrogen-bond acceptors (Lipinski definition) is 5. The van der Waals surface area contributed by atoms with Crippen LogP contribution in [0.1, 0.15) is 24.3 Å². The third-order valence-corrected chi connectivity index (χ3v) is 4.53. The minimum atomic E-state index is -0.424. The Balaban J connectivity index is 1.96. The first-order chi connectivity index (χ1) is 12.7. The van der Waals surface area contributed by atoms with Gasteiger partial charge in [-0.3, -0.25) is 0 Å². The van der Waals surface area contributed by atoms with Gasteiger partial charge in [-0.05, 0) is 50.2 Å². The van der Waals surface area contributed by atoms with Gasteiger partial charge in [0.2, 0.25) is 0 Å². The smallest absolute Gasteiger partial charge is 0.358 e. The Hall–Kier alpha value is -2.73. The van der Waals surface area contributed by atoms with Crippen LogP contribution < -0.4 is 4.74 Å². The monoisotopic (exact) mass is 368 g/mol. The second-order valence-electron chi connectivity index (χ2n) is 5.34. The van der Waals surface area contributed by atoms with E-state index in [1.165, 1.54) is 0 Å². The lowest BCUT2D eigenvalue weighted by Gasteiger charge is -2.08. The quantitative estimate of drug-likeness (QED) is 0.571. The topological polar surface area (TPSA) is 53.4 Å². The minimum Gasteiger partial charge on any atom is -0.494 e. The third-order valence-electron chi connectivity index (χ3n) is 3.52. The largest absolute Gasteiger partial charge is 0.494 e. The fraction of sp³-hybridized carbons (Fsp3) is 0.200. The van der Waals surface area contributed by atoms with Gasteiger partial charge < -0.3 is 9.47 Å². The van der Waals surface area contributed by atoms with Crippen LogP contribution in [0, 0.1) is 0 Å². The first-order valence-corrected chi connectivity index (χ1v) is 9.26. The molecule has 2 aromatic carbocycles. The van der Waals surface area contributed by atoms with Crippen LogP contribution in [0.15, 0.2) is 70.6 Å². The highest BCUT2D eigenvalue weighted by Gasteiger charge is 2.17. The summed E-state index contributed by atoms with van der Waals surface area (Å²) in [6.45, 7) is 4.65. The van der Waals surface area contributed by atoms with Gasteiger partial charge in [-0.15, -0.1) is 0 Å². The number of hydrogen-bond donors (Lipinski definition) is 0.